The first kappa shape index (κ1) is 12.9. The van der Waals surface area contributed by atoms with Crippen molar-refractivity contribution in [2.24, 2.45) is 0 Å². The molecule has 7 heteroatoms. The first-order chi connectivity index (χ1) is 9.22. The van der Waals surface area contributed by atoms with Gasteiger partial charge < -0.3 is 14.0 Å². The SMILES string of the molecule is COC(=O)c1cc2nc(CCl)n(C[C@@H]3CCO3)c2s1. The smallest absolute Gasteiger partial charge is 0.348 e. The van der Waals surface area contributed by atoms with Crippen molar-refractivity contribution < 1.29 is 14.3 Å². The van der Waals surface area contributed by atoms with Gasteiger partial charge in [0.2, 0.25) is 0 Å². The summed E-state index contributed by atoms with van der Waals surface area (Å²) in [6.45, 7) is 1.55. The van der Waals surface area contributed by atoms with Gasteiger partial charge in [-0.25, -0.2) is 9.78 Å². The second kappa shape index (κ2) is 5.11. The molecule has 0 aromatic carbocycles. The number of aromatic nitrogens is 2. The molecular formula is C12H13ClN2O3S. The van der Waals surface area contributed by atoms with Crippen LogP contribution in [0.15, 0.2) is 6.07 Å². The molecule has 0 bridgehead atoms. The zero-order valence-electron chi connectivity index (χ0n) is 10.4. The van der Waals surface area contributed by atoms with Gasteiger partial charge in [0.25, 0.3) is 0 Å². The van der Waals surface area contributed by atoms with Crippen LogP contribution in [0.2, 0.25) is 0 Å². The molecule has 19 heavy (non-hydrogen) atoms. The standard InChI is InChI=1S/C12H13ClN2O3S/c1-17-12(16)9-4-8-11(19-9)15(10(5-13)14-8)6-7-2-3-18-7/h4,7H,2-3,5-6H2,1H3/t7-/m0/s1. The monoisotopic (exact) mass is 300 g/mol. The molecule has 2 aromatic heterocycles. The molecule has 0 unspecified atom stereocenters. The second-order valence-electron chi connectivity index (χ2n) is 4.35. The lowest BCUT2D eigenvalue weighted by Gasteiger charge is -2.27. The predicted molar refractivity (Wildman–Crippen MR) is 72.9 cm³/mol. The van der Waals surface area contributed by atoms with E-state index in [1.54, 1.807) is 6.07 Å². The van der Waals surface area contributed by atoms with Crippen LogP contribution in [0.4, 0.5) is 0 Å². The van der Waals surface area contributed by atoms with Crippen molar-refractivity contribution in [1.29, 1.82) is 0 Å². The van der Waals surface area contributed by atoms with Crippen molar-refractivity contribution >= 4 is 39.3 Å². The normalized spacial score (nSPS) is 18.5. The Hall–Kier alpha value is -1.11. The molecule has 0 amide bonds. The first-order valence-electron chi connectivity index (χ1n) is 5.97. The Morgan fingerprint density at radius 2 is 2.53 bits per heavy atom. The van der Waals surface area contributed by atoms with E-state index in [2.05, 4.69) is 4.98 Å². The summed E-state index contributed by atoms with van der Waals surface area (Å²) in [4.78, 5) is 17.5. The van der Waals surface area contributed by atoms with E-state index in [4.69, 9.17) is 21.1 Å². The van der Waals surface area contributed by atoms with Crippen molar-refractivity contribution in [2.75, 3.05) is 13.7 Å². The van der Waals surface area contributed by atoms with Crippen molar-refractivity contribution in [1.82, 2.24) is 9.55 Å². The van der Waals surface area contributed by atoms with Crippen LogP contribution in [0.5, 0.6) is 0 Å². The Balaban J connectivity index is 1.99. The maximum atomic E-state index is 11.5. The molecule has 0 aliphatic carbocycles. The summed E-state index contributed by atoms with van der Waals surface area (Å²) < 4.78 is 12.2. The highest BCUT2D eigenvalue weighted by Crippen LogP contribution is 2.29. The van der Waals surface area contributed by atoms with Crippen molar-refractivity contribution in [3.05, 3.63) is 16.8 Å². The lowest BCUT2D eigenvalue weighted by atomic mass is 10.2. The number of thiophene rings is 1. The molecule has 0 spiro atoms. The number of ether oxygens (including phenoxy) is 2. The molecular weight excluding hydrogens is 288 g/mol. The van der Waals surface area contributed by atoms with E-state index in [1.165, 1.54) is 18.4 Å². The third-order valence-corrected chi connectivity index (χ3v) is 4.55. The van der Waals surface area contributed by atoms with Gasteiger partial charge in [-0.05, 0) is 12.5 Å². The number of halogens is 1. The fourth-order valence-electron chi connectivity index (χ4n) is 2.09. The van der Waals surface area contributed by atoms with Crippen molar-refractivity contribution in [2.45, 2.75) is 24.9 Å². The van der Waals surface area contributed by atoms with Gasteiger partial charge in [0, 0.05) is 6.61 Å². The second-order valence-corrected chi connectivity index (χ2v) is 5.64. The molecule has 0 radical (unpaired) electrons. The number of rotatable bonds is 4. The predicted octanol–water partition coefficient (Wildman–Crippen LogP) is 2.41. The van der Waals surface area contributed by atoms with E-state index in [1.807, 2.05) is 4.57 Å². The molecule has 1 saturated heterocycles. The van der Waals surface area contributed by atoms with E-state index in [9.17, 15) is 4.79 Å². The number of nitrogens with zero attached hydrogens (tertiary/aromatic N) is 2. The summed E-state index contributed by atoms with van der Waals surface area (Å²) in [5.41, 5.74) is 0.792. The molecule has 1 aliphatic rings. The Labute approximate surface area is 119 Å². The highest BCUT2D eigenvalue weighted by molar-refractivity contribution is 7.20. The lowest BCUT2D eigenvalue weighted by Crippen LogP contribution is -2.31. The summed E-state index contributed by atoms with van der Waals surface area (Å²) in [7, 11) is 1.38. The minimum atomic E-state index is -0.332. The van der Waals surface area contributed by atoms with E-state index >= 15 is 0 Å². The molecule has 1 fully saturated rings. The largest absolute Gasteiger partial charge is 0.465 e. The molecule has 1 aliphatic heterocycles. The molecule has 102 valence electrons. The number of carbonyl (C=O) groups excluding carboxylic acids is 1. The van der Waals surface area contributed by atoms with Crippen LogP contribution in [0, 0.1) is 0 Å². The quantitative estimate of drug-likeness (QED) is 0.643. The third-order valence-electron chi connectivity index (χ3n) is 3.19. The van der Waals surface area contributed by atoms with Crippen LogP contribution in [0.3, 0.4) is 0 Å². The van der Waals surface area contributed by atoms with E-state index in [0.29, 0.717) is 10.8 Å². The maximum Gasteiger partial charge on any atom is 0.348 e. The summed E-state index contributed by atoms with van der Waals surface area (Å²) in [5.74, 6) is 0.832. The van der Waals surface area contributed by atoms with E-state index < -0.39 is 0 Å². The molecule has 5 nitrogen and oxygen atoms in total. The fraction of sp³-hybridized carbons (Fsp3) is 0.500. The average molecular weight is 301 g/mol. The van der Waals surface area contributed by atoms with Gasteiger partial charge in [-0.3, -0.25) is 0 Å². The number of fused-ring (bicyclic) bond motifs is 1. The van der Waals surface area contributed by atoms with Crippen LogP contribution in [-0.4, -0.2) is 35.3 Å². The zero-order chi connectivity index (χ0) is 13.4. The summed E-state index contributed by atoms with van der Waals surface area (Å²) >= 11 is 7.30. The lowest BCUT2D eigenvalue weighted by molar-refractivity contribution is -0.0588. The number of carbonyl (C=O) groups is 1. The molecule has 0 saturated carbocycles. The van der Waals surface area contributed by atoms with Crippen LogP contribution in [-0.2, 0) is 21.9 Å². The van der Waals surface area contributed by atoms with Crippen molar-refractivity contribution in [3.8, 4) is 0 Å². The van der Waals surface area contributed by atoms with Gasteiger partial charge in [0.05, 0.1) is 25.6 Å². The zero-order valence-corrected chi connectivity index (χ0v) is 12.0. The fourth-order valence-corrected chi connectivity index (χ4v) is 3.33. The van der Waals surface area contributed by atoms with Gasteiger partial charge in [-0.1, -0.05) is 0 Å². The van der Waals surface area contributed by atoms with Crippen LogP contribution >= 0.6 is 22.9 Å². The van der Waals surface area contributed by atoms with Gasteiger partial charge >= 0.3 is 5.97 Å². The number of hydrogen-bond donors (Lipinski definition) is 0. The number of imidazole rings is 1. The van der Waals surface area contributed by atoms with Crippen LogP contribution in [0.1, 0.15) is 21.9 Å². The molecule has 3 heterocycles. The molecule has 1 atom stereocenters. The molecule has 0 N–H and O–H groups in total. The Bertz CT molecular complexity index is 618. The highest BCUT2D eigenvalue weighted by Gasteiger charge is 2.23. The van der Waals surface area contributed by atoms with E-state index in [-0.39, 0.29) is 12.1 Å². The number of methoxy groups -OCH3 is 1. The topological polar surface area (TPSA) is 53.3 Å². The third kappa shape index (κ3) is 2.24. The van der Waals surface area contributed by atoms with Crippen LogP contribution < -0.4 is 0 Å². The van der Waals surface area contributed by atoms with Crippen LogP contribution in [0.25, 0.3) is 10.3 Å². The minimum absolute atomic E-state index is 0.225. The Morgan fingerprint density at radius 1 is 1.74 bits per heavy atom. The van der Waals surface area contributed by atoms with E-state index in [0.717, 1.165) is 35.7 Å². The summed E-state index contributed by atoms with van der Waals surface area (Å²) in [6.07, 6.45) is 1.28. The molecule has 2 aromatic rings. The number of esters is 1. The number of hydrogen-bond acceptors (Lipinski definition) is 5. The first-order valence-corrected chi connectivity index (χ1v) is 7.33. The average Bonchev–Trinajstić information content (AvgIpc) is 2.90. The summed E-state index contributed by atoms with van der Waals surface area (Å²) in [6, 6.07) is 1.75. The molecule has 3 rings (SSSR count). The summed E-state index contributed by atoms with van der Waals surface area (Å²) in [5, 5.41) is 0. The highest BCUT2D eigenvalue weighted by atomic mass is 35.5. The van der Waals surface area contributed by atoms with Gasteiger partial charge in [-0.15, -0.1) is 22.9 Å². The van der Waals surface area contributed by atoms with Gasteiger partial charge in [-0.2, -0.15) is 0 Å². The Morgan fingerprint density at radius 3 is 3.11 bits per heavy atom. The van der Waals surface area contributed by atoms with Crippen molar-refractivity contribution in [3.63, 3.8) is 0 Å². The van der Waals surface area contributed by atoms with Gasteiger partial charge in [0.1, 0.15) is 21.0 Å². The minimum Gasteiger partial charge on any atom is -0.465 e. The number of alkyl halides is 1. The Kier molecular flexibility index (Phi) is 3.47. The maximum absolute atomic E-state index is 11.5. The van der Waals surface area contributed by atoms with Gasteiger partial charge in [0.15, 0.2) is 0 Å².